The first-order valence-corrected chi connectivity index (χ1v) is 7.18. The minimum atomic E-state index is -1.05. The zero-order valence-corrected chi connectivity index (χ0v) is 13.8. The lowest BCUT2D eigenvalue weighted by Gasteiger charge is -2.21. The summed E-state index contributed by atoms with van der Waals surface area (Å²) in [7, 11) is 1.43. The number of phenols is 1. The Balaban J connectivity index is 2.67. The van der Waals surface area contributed by atoms with Crippen molar-refractivity contribution in [2.45, 2.75) is 32.8 Å². The Hall–Kier alpha value is -2.44. The Morgan fingerprint density at radius 3 is 2.43 bits per heavy atom. The lowest BCUT2D eigenvalue weighted by Crippen LogP contribution is -2.37. The van der Waals surface area contributed by atoms with Crippen LogP contribution >= 0.6 is 0 Å². The number of benzene rings is 1. The van der Waals surface area contributed by atoms with E-state index in [0.717, 1.165) is 0 Å². The van der Waals surface area contributed by atoms with Crippen molar-refractivity contribution >= 4 is 12.1 Å². The van der Waals surface area contributed by atoms with Crippen molar-refractivity contribution in [2.75, 3.05) is 13.7 Å². The van der Waals surface area contributed by atoms with E-state index in [0.29, 0.717) is 11.3 Å². The summed E-state index contributed by atoms with van der Waals surface area (Å²) in [6.45, 7) is 5.10. The number of hydrogen-bond acceptors (Lipinski definition) is 5. The van der Waals surface area contributed by atoms with E-state index in [1.54, 1.807) is 32.9 Å². The average Bonchev–Trinajstić information content (AvgIpc) is 2.41. The van der Waals surface area contributed by atoms with Gasteiger partial charge in [-0.15, -0.1) is 0 Å². The molecule has 0 aliphatic rings. The van der Waals surface area contributed by atoms with E-state index in [1.165, 1.54) is 13.2 Å². The highest BCUT2D eigenvalue weighted by atomic mass is 16.6. The molecular formula is C16H23NO6. The first kappa shape index (κ1) is 18.6. The van der Waals surface area contributed by atoms with Crippen molar-refractivity contribution in [3.05, 3.63) is 23.8 Å². The number of carbonyl (C=O) groups is 2. The third kappa shape index (κ3) is 6.46. The highest BCUT2D eigenvalue weighted by molar-refractivity contribution is 5.73. The van der Waals surface area contributed by atoms with Crippen molar-refractivity contribution in [1.29, 1.82) is 0 Å². The molecule has 0 aliphatic carbocycles. The second-order valence-electron chi connectivity index (χ2n) is 6.13. The van der Waals surface area contributed by atoms with E-state index < -0.39 is 23.6 Å². The molecule has 1 atom stereocenters. The van der Waals surface area contributed by atoms with Crippen LogP contribution in [0.2, 0.25) is 0 Å². The molecule has 23 heavy (non-hydrogen) atoms. The zero-order valence-electron chi connectivity index (χ0n) is 13.8. The third-order valence-electron chi connectivity index (χ3n) is 2.97. The Bertz CT molecular complexity index is 564. The average molecular weight is 325 g/mol. The maximum Gasteiger partial charge on any atom is 0.407 e. The van der Waals surface area contributed by atoms with Gasteiger partial charge in [0.15, 0.2) is 11.5 Å². The van der Waals surface area contributed by atoms with Crippen LogP contribution in [0, 0.1) is 5.92 Å². The van der Waals surface area contributed by atoms with Gasteiger partial charge in [-0.3, -0.25) is 4.79 Å². The molecule has 0 fully saturated rings. The maximum atomic E-state index is 11.6. The summed E-state index contributed by atoms with van der Waals surface area (Å²) in [6, 6.07) is 4.68. The molecule has 3 N–H and O–H groups in total. The van der Waals surface area contributed by atoms with Crippen LogP contribution in [0.15, 0.2) is 18.2 Å². The predicted molar refractivity (Wildman–Crippen MR) is 83.7 cm³/mol. The largest absolute Gasteiger partial charge is 0.504 e. The summed E-state index contributed by atoms with van der Waals surface area (Å²) >= 11 is 0. The van der Waals surface area contributed by atoms with E-state index in [1.807, 2.05) is 0 Å². The molecule has 0 aromatic heterocycles. The molecule has 0 unspecified atom stereocenters. The first-order valence-electron chi connectivity index (χ1n) is 7.18. The molecule has 1 aromatic rings. The van der Waals surface area contributed by atoms with Crippen molar-refractivity contribution in [3.8, 4) is 11.5 Å². The van der Waals surface area contributed by atoms with Gasteiger partial charge in [0.2, 0.25) is 0 Å². The summed E-state index contributed by atoms with van der Waals surface area (Å²) in [4.78, 5) is 22.9. The van der Waals surface area contributed by atoms with Crippen LogP contribution in [0.4, 0.5) is 4.79 Å². The lowest BCUT2D eigenvalue weighted by molar-refractivity contribution is -0.141. The fraction of sp³-hybridized carbons (Fsp3) is 0.500. The number of aliphatic carboxylic acids is 1. The van der Waals surface area contributed by atoms with Crippen LogP contribution in [-0.4, -0.2) is 41.5 Å². The number of nitrogens with one attached hydrogen (secondary N) is 1. The van der Waals surface area contributed by atoms with Gasteiger partial charge in [0, 0.05) is 6.54 Å². The Morgan fingerprint density at radius 1 is 1.30 bits per heavy atom. The number of phenolic OH excluding ortho intramolecular Hbond substituents is 1. The Labute approximate surface area is 135 Å². The maximum absolute atomic E-state index is 11.6. The molecule has 7 heteroatoms. The number of amides is 1. The molecule has 0 bridgehead atoms. The Morgan fingerprint density at radius 2 is 1.96 bits per heavy atom. The molecule has 0 saturated heterocycles. The molecule has 0 heterocycles. The molecule has 0 aliphatic heterocycles. The number of ether oxygens (including phenoxy) is 2. The van der Waals surface area contributed by atoms with Gasteiger partial charge in [0.05, 0.1) is 13.0 Å². The Kier molecular flexibility index (Phi) is 6.24. The molecule has 1 aromatic carbocycles. The number of aromatic hydroxyl groups is 1. The fourth-order valence-electron chi connectivity index (χ4n) is 1.91. The number of rotatable bonds is 6. The number of alkyl carbamates (subject to hydrolysis) is 1. The van der Waals surface area contributed by atoms with Gasteiger partial charge in [-0.25, -0.2) is 4.79 Å². The van der Waals surface area contributed by atoms with E-state index in [4.69, 9.17) is 9.47 Å². The van der Waals surface area contributed by atoms with Crippen molar-refractivity contribution in [1.82, 2.24) is 5.32 Å². The molecule has 7 nitrogen and oxygen atoms in total. The fourth-order valence-corrected chi connectivity index (χ4v) is 1.91. The number of carbonyl (C=O) groups excluding carboxylic acids is 1. The summed E-state index contributed by atoms with van der Waals surface area (Å²) < 4.78 is 10.0. The van der Waals surface area contributed by atoms with Crippen LogP contribution in [-0.2, 0) is 16.0 Å². The molecule has 0 radical (unpaired) electrons. The van der Waals surface area contributed by atoms with Crippen LogP contribution in [0.5, 0.6) is 11.5 Å². The molecule has 0 saturated carbocycles. The number of hydrogen-bond donors (Lipinski definition) is 3. The molecular weight excluding hydrogens is 302 g/mol. The topological polar surface area (TPSA) is 105 Å². The molecule has 1 amide bonds. The smallest absolute Gasteiger partial charge is 0.407 e. The number of methoxy groups -OCH3 is 1. The summed E-state index contributed by atoms with van der Waals surface area (Å²) in [5, 5.41) is 21.4. The van der Waals surface area contributed by atoms with E-state index >= 15 is 0 Å². The van der Waals surface area contributed by atoms with Crippen molar-refractivity contribution in [3.63, 3.8) is 0 Å². The van der Waals surface area contributed by atoms with Crippen LogP contribution < -0.4 is 10.1 Å². The second kappa shape index (κ2) is 7.71. The predicted octanol–water partition coefficient (Wildman–Crippen LogP) is 2.17. The highest BCUT2D eigenvalue weighted by Gasteiger charge is 2.22. The summed E-state index contributed by atoms with van der Waals surface area (Å²) in [6.07, 6.45) is -0.510. The molecule has 0 spiro atoms. The van der Waals surface area contributed by atoms with E-state index in [2.05, 4.69) is 5.32 Å². The summed E-state index contributed by atoms with van der Waals surface area (Å²) in [5.74, 6) is -1.63. The standard InChI is InChI=1S/C16H23NO6/c1-16(2,3)23-15(21)17-9-11(14(19)20)7-10-5-6-13(22-4)12(18)8-10/h5-6,8,11,18H,7,9H2,1-4H3,(H,17,21)(H,19,20)/t11-/m1/s1. The summed E-state index contributed by atoms with van der Waals surface area (Å²) in [5.41, 5.74) is -0.0217. The zero-order chi connectivity index (χ0) is 17.6. The first-order chi connectivity index (χ1) is 10.6. The van der Waals surface area contributed by atoms with Gasteiger partial charge in [0.25, 0.3) is 0 Å². The highest BCUT2D eigenvalue weighted by Crippen LogP contribution is 2.27. The monoisotopic (exact) mass is 325 g/mol. The minimum absolute atomic E-state index is 0.0609. The normalized spacial score (nSPS) is 12.3. The third-order valence-corrected chi connectivity index (χ3v) is 2.97. The van der Waals surface area contributed by atoms with Gasteiger partial charge in [-0.2, -0.15) is 0 Å². The van der Waals surface area contributed by atoms with Gasteiger partial charge in [-0.05, 0) is 44.9 Å². The minimum Gasteiger partial charge on any atom is -0.504 e. The van der Waals surface area contributed by atoms with Gasteiger partial charge < -0.3 is 25.0 Å². The van der Waals surface area contributed by atoms with Crippen molar-refractivity contribution < 1.29 is 29.3 Å². The van der Waals surface area contributed by atoms with Crippen LogP contribution in [0.25, 0.3) is 0 Å². The lowest BCUT2D eigenvalue weighted by atomic mass is 9.99. The van der Waals surface area contributed by atoms with Gasteiger partial charge in [0.1, 0.15) is 5.60 Å². The van der Waals surface area contributed by atoms with E-state index in [-0.39, 0.29) is 18.7 Å². The van der Waals surface area contributed by atoms with Crippen LogP contribution in [0.3, 0.4) is 0 Å². The van der Waals surface area contributed by atoms with Gasteiger partial charge >= 0.3 is 12.1 Å². The number of carboxylic acids is 1. The van der Waals surface area contributed by atoms with Gasteiger partial charge in [-0.1, -0.05) is 6.07 Å². The number of carboxylic acid groups (broad SMARTS) is 1. The van der Waals surface area contributed by atoms with Crippen LogP contribution in [0.1, 0.15) is 26.3 Å². The SMILES string of the molecule is COc1ccc(C[C@H](CNC(=O)OC(C)(C)C)C(=O)O)cc1O. The van der Waals surface area contributed by atoms with Crippen molar-refractivity contribution in [2.24, 2.45) is 5.92 Å². The quantitative estimate of drug-likeness (QED) is 0.740. The molecule has 128 valence electrons. The van der Waals surface area contributed by atoms with E-state index in [9.17, 15) is 19.8 Å². The second-order valence-corrected chi connectivity index (χ2v) is 6.13. The molecule has 1 rings (SSSR count).